The Bertz CT molecular complexity index is 723. The molecular weight excluding hydrogens is 204 g/mol. The predicted molar refractivity (Wildman–Crippen MR) is 70.7 cm³/mol. The maximum absolute atomic E-state index is 3.50. The second kappa shape index (κ2) is 3.21. The minimum Gasteiger partial charge on any atom is -0.0619 e. The zero-order valence-electron chi connectivity index (χ0n) is 9.27. The van der Waals surface area contributed by atoms with Gasteiger partial charge in [0.15, 0.2) is 0 Å². The van der Waals surface area contributed by atoms with Gasteiger partial charge in [-0.25, -0.2) is 0 Å². The minimum absolute atomic E-state index is 1.19. The lowest BCUT2D eigenvalue weighted by molar-refractivity contribution is 1.55. The van der Waals surface area contributed by atoms with E-state index >= 15 is 0 Å². The van der Waals surface area contributed by atoms with E-state index < -0.39 is 0 Å². The van der Waals surface area contributed by atoms with Crippen LogP contribution in [0.2, 0.25) is 0 Å². The zero-order chi connectivity index (χ0) is 11.2. The first-order valence-corrected chi connectivity index (χ1v) is 5.81. The van der Waals surface area contributed by atoms with Gasteiger partial charge in [-0.05, 0) is 45.2 Å². The van der Waals surface area contributed by atoms with Gasteiger partial charge < -0.3 is 0 Å². The highest BCUT2D eigenvalue weighted by Gasteiger charge is 2.18. The SMILES string of the molecule is [c]1c2c(cc3ccccc13)-c1ccccc1[CH]2. The van der Waals surface area contributed by atoms with Crippen LogP contribution in [0.15, 0.2) is 54.6 Å². The van der Waals surface area contributed by atoms with Crippen LogP contribution in [0.25, 0.3) is 21.9 Å². The van der Waals surface area contributed by atoms with Crippen LogP contribution < -0.4 is 0 Å². The summed E-state index contributed by atoms with van der Waals surface area (Å²) >= 11 is 0. The van der Waals surface area contributed by atoms with Crippen LogP contribution in [0.5, 0.6) is 0 Å². The second-order valence-corrected chi connectivity index (χ2v) is 4.42. The Kier molecular flexibility index (Phi) is 1.70. The van der Waals surface area contributed by atoms with Gasteiger partial charge in [0.2, 0.25) is 0 Å². The summed E-state index contributed by atoms with van der Waals surface area (Å²) < 4.78 is 0. The van der Waals surface area contributed by atoms with Crippen molar-refractivity contribution in [2.45, 2.75) is 0 Å². The maximum Gasteiger partial charge on any atom is 0.0218 e. The van der Waals surface area contributed by atoms with Crippen molar-refractivity contribution in [3.63, 3.8) is 0 Å². The molecule has 0 heterocycles. The van der Waals surface area contributed by atoms with Crippen molar-refractivity contribution in [3.05, 3.63) is 78.2 Å². The predicted octanol–water partition coefficient (Wildman–Crippen LogP) is 4.22. The van der Waals surface area contributed by atoms with E-state index in [4.69, 9.17) is 0 Å². The van der Waals surface area contributed by atoms with E-state index in [9.17, 15) is 0 Å². The van der Waals surface area contributed by atoms with Crippen LogP contribution >= 0.6 is 0 Å². The molecule has 0 aromatic heterocycles. The summed E-state index contributed by atoms with van der Waals surface area (Å²) in [5.41, 5.74) is 5.14. The molecule has 0 atom stereocenters. The van der Waals surface area contributed by atoms with Crippen molar-refractivity contribution in [2.24, 2.45) is 0 Å². The molecule has 0 unspecified atom stereocenters. The maximum atomic E-state index is 3.50. The van der Waals surface area contributed by atoms with E-state index in [1.54, 1.807) is 0 Å². The van der Waals surface area contributed by atoms with Gasteiger partial charge in [-0.3, -0.25) is 0 Å². The molecule has 0 saturated heterocycles. The van der Waals surface area contributed by atoms with Gasteiger partial charge in [0, 0.05) is 6.42 Å². The first-order valence-electron chi connectivity index (χ1n) is 5.81. The third-order valence-electron chi connectivity index (χ3n) is 3.37. The Labute approximate surface area is 101 Å². The fourth-order valence-electron chi connectivity index (χ4n) is 2.54. The highest BCUT2D eigenvalue weighted by atomic mass is 14.2. The van der Waals surface area contributed by atoms with E-state index in [0.717, 1.165) is 0 Å². The number of hydrogen-bond donors (Lipinski definition) is 0. The van der Waals surface area contributed by atoms with Crippen LogP contribution in [0, 0.1) is 12.5 Å². The summed E-state index contributed by atoms with van der Waals surface area (Å²) in [4.78, 5) is 0. The van der Waals surface area contributed by atoms with Crippen molar-refractivity contribution >= 4 is 10.8 Å². The fourth-order valence-corrected chi connectivity index (χ4v) is 2.54. The van der Waals surface area contributed by atoms with Gasteiger partial charge in [0.05, 0.1) is 0 Å². The van der Waals surface area contributed by atoms with E-state index in [2.05, 4.69) is 67.1 Å². The van der Waals surface area contributed by atoms with Crippen molar-refractivity contribution in [1.82, 2.24) is 0 Å². The lowest BCUT2D eigenvalue weighted by Crippen LogP contribution is -1.80. The Morgan fingerprint density at radius 1 is 0.765 bits per heavy atom. The van der Waals surface area contributed by atoms with Gasteiger partial charge >= 0.3 is 0 Å². The Hall–Kier alpha value is -2.08. The molecule has 4 rings (SSSR count). The van der Waals surface area contributed by atoms with Crippen molar-refractivity contribution in [2.75, 3.05) is 0 Å². The average molecular weight is 214 g/mol. The molecule has 3 aromatic carbocycles. The smallest absolute Gasteiger partial charge is 0.0218 e. The Morgan fingerprint density at radius 2 is 1.59 bits per heavy atom. The standard InChI is InChI=1S/C17H10/c1-2-6-13-11-17-15(9-12(13)5-1)10-14-7-3-4-8-16(14)17/h1-8,10-11H. The molecule has 0 nitrogen and oxygen atoms in total. The molecule has 78 valence electrons. The summed E-state index contributed by atoms with van der Waals surface area (Å²) in [6.07, 6.45) is 2.22. The third-order valence-corrected chi connectivity index (χ3v) is 3.37. The van der Waals surface area contributed by atoms with Crippen LogP contribution in [0.1, 0.15) is 11.1 Å². The highest BCUT2D eigenvalue weighted by Crippen LogP contribution is 2.39. The molecule has 2 radical (unpaired) electrons. The monoisotopic (exact) mass is 214 g/mol. The van der Waals surface area contributed by atoms with Crippen molar-refractivity contribution in [1.29, 1.82) is 0 Å². The van der Waals surface area contributed by atoms with Crippen LogP contribution in [0.3, 0.4) is 0 Å². The zero-order valence-corrected chi connectivity index (χ0v) is 9.27. The molecule has 1 aliphatic carbocycles. The summed E-state index contributed by atoms with van der Waals surface area (Å²) in [7, 11) is 0. The number of rotatable bonds is 0. The number of fused-ring (bicyclic) bond motifs is 4. The second-order valence-electron chi connectivity index (χ2n) is 4.42. The number of hydrogen-bond acceptors (Lipinski definition) is 0. The summed E-state index contributed by atoms with van der Waals surface area (Å²) in [5, 5.41) is 2.45. The van der Waals surface area contributed by atoms with Gasteiger partial charge in [-0.15, -0.1) is 0 Å². The molecule has 0 aliphatic heterocycles. The van der Waals surface area contributed by atoms with E-state index in [1.165, 1.54) is 33.0 Å². The molecular formula is C17H10. The van der Waals surface area contributed by atoms with Crippen LogP contribution in [0.4, 0.5) is 0 Å². The summed E-state index contributed by atoms with van der Waals surface area (Å²) in [5.74, 6) is 0. The van der Waals surface area contributed by atoms with E-state index in [1.807, 2.05) is 0 Å². The molecule has 17 heavy (non-hydrogen) atoms. The number of benzene rings is 3. The Morgan fingerprint density at radius 3 is 2.59 bits per heavy atom. The summed E-state index contributed by atoms with van der Waals surface area (Å²) in [6, 6.07) is 22.7. The lowest BCUT2D eigenvalue weighted by Gasteiger charge is -2.03. The van der Waals surface area contributed by atoms with Gasteiger partial charge in [-0.2, -0.15) is 0 Å². The van der Waals surface area contributed by atoms with Crippen LogP contribution in [-0.2, 0) is 0 Å². The van der Waals surface area contributed by atoms with E-state index in [-0.39, 0.29) is 0 Å². The lowest BCUT2D eigenvalue weighted by atomic mass is 10.0. The molecule has 0 heteroatoms. The molecule has 0 bridgehead atoms. The molecule has 3 aromatic rings. The molecule has 0 N–H and O–H groups in total. The topological polar surface area (TPSA) is 0 Å². The largest absolute Gasteiger partial charge is 0.0619 e. The van der Waals surface area contributed by atoms with Crippen LogP contribution in [-0.4, -0.2) is 0 Å². The molecule has 0 amide bonds. The fraction of sp³-hybridized carbons (Fsp3) is 0. The van der Waals surface area contributed by atoms with Crippen molar-refractivity contribution < 1.29 is 0 Å². The minimum atomic E-state index is 1.19. The quantitative estimate of drug-likeness (QED) is 0.411. The Balaban J connectivity index is 2.07. The van der Waals surface area contributed by atoms with Gasteiger partial charge in [-0.1, -0.05) is 48.5 Å². The van der Waals surface area contributed by atoms with Crippen molar-refractivity contribution in [3.8, 4) is 11.1 Å². The van der Waals surface area contributed by atoms with Gasteiger partial charge in [0.1, 0.15) is 0 Å². The van der Waals surface area contributed by atoms with Gasteiger partial charge in [0.25, 0.3) is 0 Å². The third kappa shape index (κ3) is 1.24. The average Bonchev–Trinajstić information content (AvgIpc) is 2.73. The highest BCUT2D eigenvalue weighted by molar-refractivity contribution is 5.93. The van der Waals surface area contributed by atoms with E-state index in [0.29, 0.717) is 0 Å². The molecule has 0 spiro atoms. The molecule has 1 aliphatic rings. The normalized spacial score (nSPS) is 12.5. The summed E-state index contributed by atoms with van der Waals surface area (Å²) in [6.45, 7) is 0. The molecule has 0 saturated carbocycles. The first kappa shape index (κ1) is 9.00. The molecule has 0 fully saturated rings. The first-order chi connectivity index (χ1) is 8.42.